The van der Waals surface area contributed by atoms with Gasteiger partial charge in [-0.2, -0.15) is 5.10 Å². The number of likely N-dealkylation sites (tertiary alicyclic amines) is 1. The first-order valence-corrected chi connectivity index (χ1v) is 6.09. The number of rotatable bonds is 3. The molecule has 94 valence electrons. The van der Waals surface area contributed by atoms with Crippen molar-refractivity contribution in [2.45, 2.75) is 45.3 Å². The van der Waals surface area contributed by atoms with Gasteiger partial charge in [-0.1, -0.05) is 6.92 Å². The van der Waals surface area contributed by atoms with Crippen molar-refractivity contribution in [3.8, 4) is 0 Å². The maximum Gasteiger partial charge on any atom is 0.224 e. The second-order valence-corrected chi connectivity index (χ2v) is 4.75. The van der Waals surface area contributed by atoms with Gasteiger partial charge in [-0.25, -0.2) is 0 Å². The van der Waals surface area contributed by atoms with Gasteiger partial charge in [0.1, 0.15) is 0 Å². The molecule has 17 heavy (non-hydrogen) atoms. The second-order valence-electron chi connectivity index (χ2n) is 4.75. The number of aryl methyl sites for hydroxylation is 2. The van der Waals surface area contributed by atoms with Gasteiger partial charge < -0.3 is 10.6 Å². The highest BCUT2D eigenvalue weighted by atomic mass is 16.2. The van der Waals surface area contributed by atoms with E-state index < -0.39 is 0 Å². The van der Waals surface area contributed by atoms with Crippen molar-refractivity contribution in [2.75, 3.05) is 7.05 Å². The minimum atomic E-state index is -0.120. The summed E-state index contributed by atoms with van der Waals surface area (Å²) >= 11 is 0. The largest absolute Gasteiger partial charge is 0.337 e. The molecule has 0 radical (unpaired) electrons. The van der Waals surface area contributed by atoms with E-state index in [0.29, 0.717) is 6.42 Å². The van der Waals surface area contributed by atoms with Crippen molar-refractivity contribution in [3.63, 3.8) is 0 Å². The Bertz CT molecular complexity index is 426. The molecular weight excluding hydrogens is 216 g/mol. The lowest BCUT2D eigenvalue weighted by Crippen LogP contribution is -2.30. The third-order valence-electron chi connectivity index (χ3n) is 3.38. The van der Waals surface area contributed by atoms with Gasteiger partial charge in [0.2, 0.25) is 5.91 Å². The first-order chi connectivity index (χ1) is 8.04. The Morgan fingerprint density at radius 1 is 1.59 bits per heavy atom. The Morgan fingerprint density at radius 3 is 2.82 bits per heavy atom. The number of carbonyl (C=O) groups is 1. The lowest BCUT2D eigenvalue weighted by Gasteiger charge is -2.22. The number of likely N-dealkylation sites (N-methyl/N-ethyl adjacent to an activating group) is 1. The number of carbonyl (C=O) groups excluding carboxylic acids is 1. The molecule has 1 amide bonds. The number of amides is 1. The number of hydrogen-bond donors (Lipinski definition) is 1. The van der Waals surface area contributed by atoms with Crippen molar-refractivity contribution in [3.05, 3.63) is 17.5 Å². The highest BCUT2D eigenvalue weighted by molar-refractivity contribution is 5.80. The molecule has 0 unspecified atom stereocenters. The zero-order chi connectivity index (χ0) is 12.6. The Labute approximate surface area is 102 Å². The maximum absolute atomic E-state index is 11.6. The topological polar surface area (TPSA) is 64.2 Å². The molecule has 1 aliphatic heterocycles. The molecule has 1 saturated heterocycles. The number of hydrogen-bond acceptors (Lipinski definition) is 3. The average molecular weight is 236 g/mol. The molecule has 1 aromatic rings. The van der Waals surface area contributed by atoms with Gasteiger partial charge in [0.25, 0.3) is 0 Å². The molecule has 2 N–H and O–H groups in total. The van der Waals surface area contributed by atoms with Crippen LogP contribution in [-0.2, 0) is 11.3 Å². The van der Waals surface area contributed by atoms with Gasteiger partial charge in [-0.05, 0) is 13.3 Å². The molecule has 5 heteroatoms. The number of nitrogens with two attached hydrogens (primary N) is 1. The summed E-state index contributed by atoms with van der Waals surface area (Å²) in [6.07, 6.45) is 3.50. The van der Waals surface area contributed by atoms with Crippen molar-refractivity contribution < 1.29 is 4.79 Å². The fourth-order valence-electron chi connectivity index (χ4n) is 2.51. The summed E-state index contributed by atoms with van der Waals surface area (Å²) in [6, 6.07) is -0.140. The lowest BCUT2D eigenvalue weighted by molar-refractivity contribution is -0.127. The Kier molecular flexibility index (Phi) is 3.19. The van der Waals surface area contributed by atoms with Crippen LogP contribution in [0.1, 0.15) is 37.1 Å². The summed E-state index contributed by atoms with van der Waals surface area (Å²) in [4.78, 5) is 13.4. The average Bonchev–Trinajstić information content (AvgIpc) is 2.71. The molecule has 0 spiro atoms. The van der Waals surface area contributed by atoms with Crippen LogP contribution in [-0.4, -0.2) is 33.7 Å². The number of aromatic nitrogens is 2. The van der Waals surface area contributed by atoms with Gasteiger partial charge in [0.05, 0.1) is 11.7 Å². The summed E-state index contributed by atoms with van der Waals surface area (Å²) in [5.74, 6) is 0.116. The van der Waals surface area contributed by atoms with Crippen LogP contribution in [0.3, 0.4) is 0 Å². The van der Waals surface area contributed by atoms with Crippen molar-refractivity contribution >= 4 is 5.91 Å². The fraction of sp³-hybridized carbons (Fsp3) is 0.667. The minimum Gasteiger partial charge on any atom is -0.337 e. The van der Waals surface area contributed by atoms with E-state index in [0.717, 1.165) is 24.2 Å². The lowest BCUT2D eigenvalue weighted by atomic mass is 10.0. The van der Waals surface area contributed by atoms with Crippen LogP contribution >= 0.6 is 0 Å². The molecule has 2 rings (SSSR count). The molecular formula is C12H20N4O. The first kappa shape index (κ1) is 12.1. The quantitative estimate of drug-likeness (QED) is 0.845. The van der Waals surface area contributed by atoms with Crippen molar-refractivity contribution in [1.82, 2.24) is 14.7 Å². The molecule has 5 nitrogen and oxygen atoms in total. The van der Waals surface area contributed by atoms with Crippen LogP contribution in [0.25, 0.3) is 0 Å². The normalized spacial score (nSPS) is 24.7. The standard InChI is InChI=1S/C12H20N4O/c1-4-5-16-7-9(8(2)14-16)12-10(13)6-11(17)15(12)3/h7,10,12H,4-6,13H2,1-3H3/t10-,12+/m1/s1. The van der Waals surface area contributed by atoms with E-state index in [1.807, 2.05) is 24.9 Å². The third-order valence-corrected chi connectivity index (χ3v) is 3.38. The van der Waals surface area contributed by atoms with E-state index in [9.17, 15) is 4.79 Å². The SMILES string of the molecule is CCCn1cc([C@H]2[C@H](N)CC(=O)N2C)c(C)n1. The molecule has 0 bridgehead atoms. The summed E-state index contributed by atoms with van der Waals surface area (Å²) < 4.78 is 1.94. The molecule has 0 aromatic carbocycles. The zero-order valence-corrected chi connectivity index (χ0v) is 10.7. The molecule has 1 aromatic heterocycles. The van der Waals surface area contributed by atoms with Crippen LogP contribution in [0, 0.1) is 6.92 Å². The van der Waals surface area contributed by atoms with Gasteiger partial charge >= 0.3 is 0 Å². The monoisotopic (exact) mass is 236 g/mol. The molecule has 1 fully saturated rings. The Hall–Kier alpha value is -1.36. The van der Waals surface area contributed by atoms with E-state index in [1.165, 1.54) is 0 Å². The summed E-state index contributed by atoms with van der Waals surface area (Å²) in [5.41, 5.74) is 8.10. The summed E-state index contributed by atoms with van der Waals surface area (Å²) in [5, 5.41) is 4.46. The maximum atomic E-state index is 11.6. The van der Waals surface area contributed by atoms with Gasteiger partial charge in [-0.3, -0.25) is 9.48 Å². The summed E-state index contributed by atoms with van der Waals surface area (Å²) in [7, 11) is 1.82. The molecule has 2 atom stereocenters. The van der Waals surface area contributed by atoms with Crippen LogP contribution in [0.15, 0.2) is 6.20 Å². The van der Waals surface area contributed by atoms with E-state index in [1.54, 1.807) is 4.90 Å². The van der Waals surface area contributed by atoms with Crippen LogP contribution in [0.5, 0.6) is 0 Å². The highest BCUT2D eigenvalue weighted by Gasteiger charge is 2.37. The molecule has 0 aliphatic carbocycles. The van der Waals surface area contributed by atoms with E-state index in [4.69, 9.17) is 5.73 Å². The van der Waals surface area contributed by atoms with Crippen LogP contribution in [0.2, 0.25) is 0 Å². The Balaban J connectivity index is 2.30. The third kappa shape index (κ3) is 2.07. The van der Waals surface area contributed by atoms with Crippen molar-refractivity contribution in [1.29, 1.82) is 0 Å². The van der Waals surface area contributed by atoms with E-state index >= 15 is 0 Å². The van der Waals surface area contributed by atoms with Gasteiger partial charge in [-0.15, -0.1) is 0 Å². The van der Waals surface area contributed by atoms with Crippen LogP contribution < -0.4 is 5.73 Å². The van der Waals surface area contributed by atoms with E-state index in [-0.39, 0.29) is 18.0 Å². The van der Waals surface area contributed by atoms with Gasteiger partial charge in [0.15, 0.2) is 0 Å². The molecule has 2 heterocycles. The predicted molar refractivity (Wildman–Crippen MR) is 65.4 cm³/mol. The fourth-order valence-corrected chi connectivity index (χ4v) is 2.51. The van der Waals surface area contributed by atoms with Crippen LogP contribution in [0.4, 0.5) is 0 Å². The van der Waals surface area contributed by atoms with Gasteiger partial charge in [0, 0.05) is 37.8 Å². The predicted octanol–water partition coefficient (Wildman–Crippen LogP) is 0.832. The van der Waals surface area contributed by atoms with E-state index in [2.05, 4.69) is 12.0 Å². The smallest absolute Gasteiger partial charge is 0.224 e. The highest BCUT2D eigenvalue weighted by Crippen LogP contribution is 2.32. The molecule has 1 aliphatic rings. The first-order valence-electron chi connectivity index (χ1n) is 6.09. The van der Waals surface area contributed by atoms with Crippen molar-refractivity contribution in [2.24, 2.45) is 5.73 Å². The zero-order valence-electron chi connectivity index (χ0n) is 10.7. The molecule has 0 saturated carbocycles. The Morgan fingerprint density at radius 2 is 2.29 bits per heavy atom. The summed E-state index contributed by atoms with van der Waals surface area (Å²) in [6.45, 7) is 5.00. The number of nitrogens with zero attached hydrogens (tertiary/aromatic N) is 3. The minimum absolute atomic E-state index is 0.0203. The second kappa shape index (κ2) is 4.49.